The van der Waals surface area contributed by atoms with Gasteiger partial charge in [-0.05, 0) is 30.5 Å². The van der Waals surface area contributed by atoms with Crippen LogP contribution in [0.15, 0.2) is 35.1 Å². The molecule has 0 saturated heterocycles. The Kier molecular flexibility index (Phi) is 4.48. The van der Waals surface area contributed by atoms with Gasteiger partial charge in [-0.2, -0.15) is 8.42 Å². The van der Waals surface area contributed by atoms with Gasteiger partial charge in [-0.1, -0.05) is 12.1 Å². The van der Waals surface area contributed by atoms with E-state index in [-0.39, 0.29) is 17.9 Å². The summed E-state index contributed by atoms with van der Waals surface area (Å²) in [5, 5.41) is 11.3. The van der Waals surface area contributed by atoms with E-state index in [9.17, 15) is 18.0 Å². The first kappa shape index (κ1) is 16.0. The average molecular weight is 326 g/mol. The first-order valence-electron chi connectivity index (χ1n) is 6.36. The lowest BCUT2D eigenvalue weighted by Gasteiger charge is -2.04. The third kappa shape index (κ3) is 4.06. The van der Waals surface area contributed by atoms with Crippen LogP contribution in [0, 0.1) is 0 Å². The number of nitrogens with zero attached hydrogens (tertiary/aromatic N) is 1. The number of hydrogen-bond acceptors (Lipinski definition) is 4. The van der Waals surface area contributed by atoms with Crippen LogP contribution in [0.2, 0.25) is 0 Å². The van der Waals surface area contributed by atoms with Gasteiger partial charge >= 0.3 is 5.97 Å². The third-order valence-corrected chi connectivity index (χ3v) is 3.82. The van der Waals surface area contributed by atoms with Crippen LogP contribution >= 0.6 is 0 Å². The number of carboxylic acid groups (broad SMARTS) is 1. The fourth-order valence-corrected chi connectivity index (χ4v) is 2.48. The third-order valence-electron chi connectivity index (χ3n) is 3.01. The van der Waals surface area contributed by atoms with E-state index in [0.29, 0.717) is 12.1 Å². The van der Waals surface area contributed by atoms with Crippen molar-refractivity contribution < 1.29 is 22.9 Å². The van der Waals surface area contributed by atoms with E-state index in [0.717, 1.165) is 16.3 Å². The monoisotopic (exact) mass is 326 g/mol. The molecule has 22 heavy (non-hydrogen) atoms. The Balaban J connectivity index is 2.12. The average Bonchev–Trinajstić information content (AvgIpc) is 2.80. The Morgan fingerprint density at radius 1 is 1.23 bits per heavy atom. The molecule has 0 spiro atoms. The minimum absolute atomic E-state index is 0.206. The summed E-state index contributed by atoms with van der Waals surface area (Å²) >= 11 is 0. The van der Waals surface area contributed by atoms with Crippen LogP contribution < -0.4 is 5.56 Å². The molecule has 1 aromatic heterocycles. The Morgan fingerprint density at radius 3 is 2.36 bits per heavy atom. The number of rotatable bonds is 6. The van der Waals surface area contributed by atoms with Crippen molar-refractivity contribution in [2.45, 2.75) is 12.8 Å². The summed E-state index contributed by atoms with van der Waals surface area (Å²) in [6.45, 7) is 0. The molecule has 0 atom stereocenters. The van der Waals surface area contributed by atoms with E-state index < -0.39 is 21.6 Å². The van der Waals surface area contributed by atoms with Crippen LogP contribution in [0.5, 0.6) is 0 Å². The maximum absolute atomic E-state index is 11.7. The van der Waals surface area contributed by atoms with Crippen molar-refractivity contribution in [3.8, 4) is 5.69 Å². The first-order chi connectivity index (χ1) is 10.3. The number of aromatic nitrogens is 2. The Morgan fingerprint density at radius 2 is 1.86 bits per heavy atom. The summed E-state index contributed by atoms with van der Waals surface area (Å²) in [6.07, 6.45) is 0.740. The highest BCUT2D eigenvalue weighted by Crippen LogP contribution is 2.10. The van der Waals surface area contributed by atoms with Gasteiger partial charge in [-0.3, -0.25) is 14.4 Å². The van der Waals surface area contributed by atoms with Crippen molar-refractivity contribution in [3.63, 3.8) is 0 Å². The summed E-state index contributed by atoms with van der Waals surface area (Å²) in [5.74, 6) is -1.54. The highest BCUT2D eigenvalue weighted by atomic mass is 32.2. The van der Waals surface area contributed by atoms with E-state index in [4.69, 9.17) is 9.66 Å². The van der Waals surface area contributed by atoms with E-state index in [2.05, 4.69) is 5.10 Å². The molecule has 0 radical (unpaired) electrons. The molecule has 9 heteroatoms. The van der Waals surface area contributed by atoms with Crippen molar-refractivity contribution in [2.24, 2.45) is 0 Å². The number of aromatic carboxylic acids is 1. The van der Waals surface area contributed by atoms with Crippen molar-refractivity contribution in [1.29, 1.82) is 0 Å². The number of aromatic amines is 1. The molecule has 2 aromatic rings. The quantitative estimate of drug-likeness (QED) is 0.669. The molecular weight excluding hydrogens is 312 g/mol. The lowest BCUT2D eigenvalue weighted by atomic mass is 10.1. The van der Waals surface area contributed by atoms with Crippen molar-refractivity contribution in [3.05, 3.63) is 51.9 Å². The minimum atomic E-state index is -3.96. The van der Waals surface area contributed by atoms with Gasteiger partial charge in [0.15, 0.2) is 0 Å². The maximum atomic E-state index is 11.7. The molecule has 0 bridgehead atoms. The van der Waals surface area contributed by atoms with Crippen LogP contribution in [0.25, 0.3) is 5.69 Å². The molecule has 0 aliphatic heterocycles. The number of carboxylic acids is 1. The van der Waals surface area contributed by atoms with Crippen LogP contribution in [0.1, 0.15) is 22.5 Å². The second-order valence-electron chi connectivity index (χ2n) is 4.70. The topological polar surface area (TPSA) is 129 Å². The molecule has 2 rings (SSSR count). The van der Waals surface area contributed by atoms with Gasteiger partial charge in [0, 0.05) is 6.07 Å². The molecule has 1 heterocycles. The van der Waals surface area contributed by atoms with E-state index in [1.165, 1.54) is 0 Å². The molecule has 0 amide bonds. The molecule has 0 saturated carbocycles. The van der Waals surface area contributed by atoms with Gasteiger partial charge in [0.25, 0.3) is 15.7 Å². The summed E-state index contributed by atoms with van der Waals surface area (Å²) in [5.41, 5.74) is 0.611. The fourth-order valence-electron chi connectivity index (χ4n) is 1.97. The van der Waals surface area contributed by atoms with Gasteiger partial charge in [0.05, 0.1) is 11.4 Å². The largest absolute Gasteiger partial charge is 0.477 e. The predicted octanol–water partition coefficient (Wildman–Crippen LogP) is 0.684. The minimum Gasteiger partial charge on any atom is -0.477 e. The molecule has 118 valence electrons. The second-order valence-corrected chi connectivity index (χ2v) is 6.28. The molecule has 3 N–H and O–H groups in total. The number of benzene rings is 1. The molecular formula is C13H14N2O6S. The SMILES string of the molecule is O=C(O)c1cc(=O)n(-c2ccc(CCCS(=O)(=O)O)cc2)[nH]1. The molecule has 0 unspecified atom stereocenters. The number of nitrogens with one attached hydrogen (secondary N) is 1. The van der Waals surface area contributed by atoms with Gasteiger partial charge in [0.2, 0.25) is 0 Å². The van der Waals surface area contributed by atoms with E-state index >= 15 is 0 Å². The van der Waals surface area contributed by atoms with Crippen molar-refractivity contribution >= 4 is 16.1 Å². The van der Waals surface area contributed by atoms with Gasteiger partial charge in [-0.15, -0.1) is 0 Å². The van der Waals surface area contributed by atoms with E-state index in [1.54, 1.807) is 24.3 Å². The number of carbonyl (C=O) groups is 1. The smallest absolute Gasteiger partial charge is 0.353 e. The zero-order valence-electron chi connectivity index (χ0n) is 11.4. The number of H-pyrrole nitrogens is 1. The van der Waals surface area contributed by atoms with Crippen LogP contribution in [-0.4, -0.2) is 39.6 Å². The van der Waals surface area contributed by atoms with Gasteiger partial charge < -0.3 is 5.11 Å². The summed E-state index contributed by atoms with van der Waals surface area (Å²) in [6, 6.07) is 7.63. The summed E-state index contributed by atoms with van der Waals surface area (Å²) < 4.78 is 31.0. The zero-order valence-corrected chi connectivity index (χ0v) is 12.2. The van der Waals surface area contributed by atoms with Crippen LogP contribution in [0.3, 0.4) is 0 Å². The summed E-state index contributed by atoms with van der Waals surface area (Å²) in [4.78, 5) is 22.5. The molecule has 0 aliphatic carbocycles. The van der Waals surface area contributed by atoms with Gasteiger partial charge in [0.1, 0.15) is 5.69 Å². The predicted molar refractivity (Wildman–Crippen MR) is 78.1 cm³/mol. The Bertz CT molecular complexity index is 832. The summed E-state index contributed by atoms with van der Waals surface area (Å²) in [7, 11) is -3.96. The first-order valence-corrected chi connectivity index (χ1v) is 7.97. The normalized spacial score (nSPS) is 11.5. The molecule has 0 aliphatic rings. The van der Waals surface area contributed by atoms with Crippen molar-refractivity contribution in [1.82, 2.24) is 9.78 Å². The fraction of sp³-hybridized carbons (Fsp3) is 0.231. The number of aryl methyl sites for hydroxylation is 1. The van der Waals surface area contributed by atoms with Crippen LogP contribution in [0.4, 0.5) is 0 Å². The van der Waals surface area contributed by atoms with Gasteiger partial charge in [-0.25, -0.2) is 9.48 Å². The maximum Gasteiger partial charge on any atom is 0.353 e. The highest BCUT2D eigenvalue weighted by molar-refractivity contribution is 7.85. The Labute approximate surface area is 125 Å². The Hall–Kier alpha value is -2.39. The van der Waals surface area contributed by atoms with Crippen LogP contribution in [-0.2, 0) is 16.5 Å². The number of hydrogen-bond donors (Lipinski definition) is 3. The highest BCUT2D eigenvalue weighted by Gasteiger charge is 2.10. The zero-order chi connectivity index (χ0) is 16.3. The lowest BCUT2D eigenvalue weighted by molar-refractivity contribution is 0.0690. The molecule has 8 nitrogen and oxygen atoms in total. The molecule has 0 fully saturated rings. The second kappa shape index (κ2) is 6.16. The lowest BCUT2D eigenvalue weighted by Crippen LogP contribution is -2.13. The van der Waals surface area contributed by atoms with E-state index in [1.807, 2.05) is 0 Å². The molecule has 1 aromatic carbocycles. The standard InChI is InChI=1S/C13H14N2O6S/c16-12-8-11(13(17)18)14-15(12)10-5-3-9(4-6-10)2-1-7-22(19,20)21/h3-6,8,14H,1-2,7H2,(H,17,18)(H,19,20,21). The van der Waals surface area contributed by atoms with Crippen molar-refractivity contribution in [2.75, 3.05) is 5.75 Å².